The third kappa shape index (κ3) is 3.53. The number of anilines is 2. The fourth-order valence-corrected chi connectivity index (χ4v) is 2.93. The maximum atomic E-state index is 4.71. The van der Waals surface area contributed by atoms with Crippen molar-refractivity contribution in [3.8, 4) is 0 Å². The van der Waals surface area contributed by atoms with Crippen molar-refractivity contribution in [2.75, 3.05) is 29.9 Å². The topological polar surface area (TPSA) is 45.2 Å². The van der Waals surface area contributed by atoms with E-state index >= 15 is 0 Å². The first kappa shape index (κ1) is 14.8. The maximum Gasteiger partial charge on any atom is 0.247 e. The van der Waals surface area contributed by atoms with Crippen molar-refractivity contribution in [3.63, 3.8) is 0 Å². The lowest BCUT2D eigenvalue weighted by atomic mass is 10.0. The Morgan fingerprint density at radius 1 is 1.27 bits per heavy atom. The monoisotopic (exact) mass is 297 g/mol. The number of piperidine rings is 1. The standard InChI is InChI=1S/C17H23N5/c1-14-7-6-10-22(12-14)16-11-18-20-17(19-16)21(2)13-15-8-4-3-5-9-15/h3-5,8-9,11,14H,6-7,10,12-13H2,1-2H3. The Kier molecular flexibility index (Phi) is 4.51. The van der Waals surface area contributed by atoms with Gasteiger partial charge in [0.1, 0.15) is 0 Å². The summed E-state index contributed by atoms with van der Waals surface area (Å²) in [7, 11) is 2.01. The van der Waals surface area contributed by atoms with Crippen molar-refractivity contribution in [3.05, 3.63) is 42.1 Å². The van der Waals surface area contributed by atoms with Gasteiger partial charge in [-0.25, -0.2) is 0 Å². The molecule has 2 heterocycles. The second-order valence-electron chi connectivity index (χ2n) is 6.15. The quantitative estimate of drug-likeness (QED) is 0.868. The zero-order valence-electron chi connectivity index (χ0n) is 13.3. The van der Waals surface area contributed by atoms with E-state index in [-0.39, 0.29) is 0 Å². The van der Waals surface area contributed by atoms with Gasteiger partial charge in [0.2, 0.25) is 5.95 Å². The van der Waals surface area contributed by atoms with Crippen LogP contribution in [-0.4, -0.2) is 35.3 Å². The van der Waals surface area contributed by atoms with Crippen molar-refractivity contribution in [2.24, 2.45) is 5.92 Å². The Morgan fingerprint density at radius 3 is 2.86 bits per heavy atom. The van der Waals surface area contributed by atoms with Crippen LogP contribution in [0.1, 0.15) is 25.3 Å². The van der Waals surface area contributed by atoms with Crippen LogP contribution < -0.4 is 9.80 Å². The molecule has 1 aromatic heterocycles. The molecular weight excluding hydrogens is 274 g/mol. The average Bonchev–Trinajstić information content (AvgIpc) is 2.56. The minimum Gasteiger partial charge on any atom is -0.355 e. The van der Waals surface area contributed by atoms with Gasteiger partial charge in [-0.2, -0.15) is 10.1 Å². The summed E-state index contributed by atoms with van der Waals surface area (Å²) in [5.41, 5.74) is 1.24. The van der Waals surface area contributed by atoms with E-state index in [1.165, 1.54) is 18.4 Å². The molecule has 22 heavy (non-hydrogen) atoms. The van der Waals surface area contributed by atoms with Crippen molar-refractivity contribution in [1.29, 1.82) is 0 Å². The SMILES string of the molecule is CC1CCCN(c2cnnc(N(C)Cc3ccccc3)n2)C1. The van der Waals surface area contributed by atoms with Gasteiger partial charge in [0.25, 0.3) is 0 Å². The van der Waals surface area contributed by atoms with E-state index in [2.05, 4.69) is 34.2 Å². The third-order valence-electron chi connectivity index (χ3n) is 4.12. The summed E-state index contributed by atoms with van der Waals surface area (Å²) in [6.07, 6.45) is 4.30. The molecule has 0 aliphatic carbocycles. The highest BCUT2D eigenvalue weighted by Crippen LogP contribution is 2.21. The van der Waals surface area contributed by atoms with Crippen molar-refractivity contribution in [2.45, 2.75) is 26.3 Å². The third-order valence-corrected chi connectivity index (χ3v) is 4.12. The normalized spacial score (nSPS) is 18.3. The predicted octanol–water partition coefficient (Wildman–Crippen LogP) is 2.74. The summed E-state index contributed by atoms with van der Waals surface area (Å²) in [6, 6.07) is 10.3. The molecule has 0 radical (unpaired) electrons. The van der Waals surface area contributed by atoms with Gasteiger partial charge >= 0.3 is 0 Å². The zero-order valence-corrected chi connectivity index (χ0v) is 13.3. The molecule has 0 N–H and O–H groups in total. The highest BCUT2D eigenvalue weighted by atomic mass is 15.3. The van der Waals surface area contributed by atoms with Gasteiger partial charge in [-0.15, -0.1) is 5.10 Å². The Labute approximate surface area is 132 Å². The van der Waals surface area contributed by atoms with Gasteiger partial charge in [0.15, 0.2) is 5.82 Å². The molecular formula is C17H23N5. The van der Waals surface area contributed by atoms with Gasteiger partial charge in [-0.3, -0.25) is 0 Å². The Morgan fingerprint density at radius 2 is 2.09 bits per heavy atom. The first-order chi connectivity index (χ1) is 10.7. The molecule has 5 heteroatoms. The van der Waals surface area contributed by atoms with Crippen LogP contribution in [0.25, 0.3) is 0 Å². The van der Waals surface area contributed by atoms with Gasteiger partial charge in [0, 0.05) is 26.7 Å². The first-order valence-corrected chi connectivity index (χ1v) is 7.92. The first-order valence-electron chi connectivity index (χ1n) is 7.92. The molecule has 1 aliphatic rings. The van der Waals surface area contributed by atoms with Crippen molar-refractivity contribution < 1.29 is 0 Å². The summed E-state index contributed by atoms with van der Waals surface area (Å²) in [5, 5.41) is 8.34. The van der Waals surface area contributed by atoms with E-state index in [0.717, 1.165) is 25.5 Å². The molecule has 2 aromatic rings. The fraction of sp³-hybridized carbons (Fsp3) is 0.471. The second kappa shape index (κ2) is 6.73. The summed E-state index contributed by atoms with van der Waals surface area (Å²) >= 11 is 0. The number of rotatable bonds is 4. The molecule has 0 bridgehead atoms. The molecule has 1 unspecified atom stereocenters. The Hall–Kier alpha value is -2.17. The maximum absolute atomic E-state index is 4.71. The minimum atomic E-state index is 0.680. The largest absolute Gasteiger partial charge is 0.355 e. The molecule has 1 aromatic carbocycles. The van der Waals surface area contributed by atoms with Gasteiger partial charge in [-0.05, 0) is 24.3 Å². The van der Waals surface area contributed by atoms with E-state index in [4.69, 9.17) is 4.98 Å². The molecule has 1 saturated heterocycles. The van der Waals surface area contributed by atoms with Gasteiger partial charge in [0.05, 0.1) is 6.20 Å². The van der Waals surface area contributed by atoms with Crippen LogP contribution in [0.5, 0.6) is 0 Å². The fourth-order valence-electron chi connectivity index (χ4n) is 2.93. The predicted molar refractivity (Wildman–Crippen MR) is 89.0 cm³/mol. The molecule has 1 aliphatic heterocycles. The molecule has 116 valence electrons. The summed E-state index contributed by atoms with van der Waals surface area (Å²) in [4.78, 5) is 9.07. The van der Waals surface area contributed by atoms with E-state index in [9.17, 15) is 0 Å². The number of benzene rings is 1. The van der Waals surface area contributed by atoms with Crippen LogP contribution in [0.4, 0.5) is 11.8 Å². The summed E-state index contributed by atoms with van der Waals surface area (Å²) in [6.45, 7) is 5.19. The van der Waals surface area contributed by atoms with Crippen LogP contribution >= 0.6 is 0 Å². The lowest BCUT2D eigenvalue weighted by Crippen LogP contribution is -2.35. The van der Waals surface area contributed by atoms with Crippen molar-refractivity contribution >= 4 is 11.8 Å². The lowest BCUT2D eigenvalue weighted by Gasteiger charge is -2.31. The smallest absolute Gasteiger partial charge is 0.247 e. The second-order valence-corrected chi connectivity index (χ2v) is 6.15. The number of nitrogens with zero attached hydrogens (tertiary/aromatic N) is 5. The van der Waals surface area contributed by atoms with E-state index in [1.54, 1.807) is 6.20 Å². The highest BCUT2D eigenvalue weighted by Gasteiger charge is 2.19. The molecule has 5 nitrogen and oxygen atoms in total. The summed E-state index contributed by atoms with van der Waals surface area (Å²) in [5.74, 6) is 2.34. The van der Waals surface area contributed by atoms with E-state index in [0.29, 0.717) is 11.9 Å². The number of aromatic nitrogens is 3. The van der Waals surface area contributed by atoms with E-state index < -0.39 is 0 Å². The highest BCUT2D eigenvalue weighted by molar-refractivity contribution is 5.42. The zero-order chi connectivity index (χ0) is 15.4. The molecule has 0 amide bonds. The average molecular weight is 297 g/mol. The number of hydrogen-bond acceptors (Lipinski definition) is 5. The molecule has 1 atom stereocenters. The van der Waals surface area contributed by atoms with Crippen LogP contribution in [0, 0.1) is 5.92 Å². The van der Waals surface area contributed by atoms with Crippen LogP contribution in [0.15, 0.2) is 36.5 Å². The van der Waals surface area contributed by atoms with Crippen LogP contribution in [0.3, 0.4) is 0 Å². The molecule has 3 rings (SSSR count). The Balaban J connectivity index is 1.73. The van der Waals surface area contributed by atoms with Crippen LogP contribution in [-0.2, 0) is 6.54 Å². The van der Waals surface area contributed by atoms with Crippen molar-refractivity contribution in [1.82, 2.24) is 15.2 Å². The number of hydrogen-bond donors (Lipinski definition) is 0. The summed E-state index contributed by atoms with van der Waals surface area (Å²) < 4.78 is 0. The molecule has 0 saturated carbocycles. The van der Waals surface area contributed by atoms with Crippen LogP contribution in [0.2, 0.25) is 0 Å². The molecule has 1 fully saturated rings. The van der Waals surface area contributed by atoms with E-state index in [1.807, 2.05) is 30.1 Å². The lowest BCUT2D eigenvalue weighted by molar-refractivity contribution is 0.444. The minimum absolute atomic E-state index is 0.680. The van der Waals surface area contributed by atoms with Gasteiger partial charge < -0.3 is 9.80 Å². The molecule has 0 spiro atoms. The Bertz CT molecular complexity index is 601. The van der Waals surface area contributed by atoms with Gasteiger partial charge in [-0.1, -0.05) is 37.3 Å².